The zero-order chi connectivity index (χ0) is 21.0. The minimum Gasteiger partial charge on any atom is -0.477 e. The second kappa shape index (κ2) is 9.29. The molecular formula is C21H24N6O2S2. The van der Waals surface area contributed by atoms with Crippen molar-refractivity contribution in [3.63, 3.8) is 0 Å². The minimum absolute atomic E-state index is 0.460. The normalized spacial score (nSPS) is 18.5. The smallest absolute Gasteiger partial charge is 0.213 e. The molecule has 31 heavy (non-hydrogen) atoms. The van der Waals surface area contributed by atoms with Crippen LogP contribution in [0.4, 0.5) is 5.13 Å². The van der Waals surface area contributed by atoms with E-state index in [0.717, 1.165) is 77.9 Å². The average molecular weight is 457 g/mol. The molecule has 0 saturated carbocycles. The number of aromatic nitrogens is 3. The van der Waals surface area contributed by atoms with E-state index in [9.17, 15) is 0 Å². The predicted octanol–water partition coefficient (Wildman–Crippen LogP) is 3.81. The van der Waals surface area contributed by atoms with Crippen LogP contribution < -0.4 is 15.4 Å². The van der Waals surface area contributed by atoms with Crippen LogP contribution in [0, 0.1) is 12.8 Å². The van der Waals surface area contributed by atoms with Crippen molar-refractivity contribution >= 4 is 33.8 Å². The van der Waals surface area contributed by atoms with Gasteiger partial charge < -0.3 is 20.1 Å². The van der Waals surface area contributed by atoms with Crippen LogP contribution in [0.2, 0.25) is 0 Å². The number of rotatable bonds is 6. The molecule has 2 aliphatic heterocycles. The summed E-state index contributed by atoms with van der Waals surface area (Å²) >= 11 is 3.14. The van der Waals surface area contributed by atoms with Crippen molar-refractivity contribution in [2.75, 3.05) is 38.2 Å². The van der Waals surface area contributed by atoms with Crippen LogP contribution in [-0.4, -0.2) is 53.8 Å². The third-order valence-electron chi connectivity index (χ3n) is 5.17. The number of hydrogen-bond acceptors (Lipinski definition) is 10. The lowest BCUT2D eigenvalue weighted by Gasteiger charge is -2.14. The molecule has 5 heterocycles. The molecule has 3 aromatic rings. The summed E-state index contributed by atoms with van der Waals surface area (Å²) in [6, 6.07) is 3.95. The van der Waals surface area contributed by atoms with E-state index in [1.807, 2.05) is 29.8 Å². The fraction of sp³-hybridized carbons (Fsp3) is 0.429. The second-order valence-electron chi connectivity index (χ2n) is 7.53. The Balaban J connectivity index is 1.26. The highest BCUT2D eigenvalue weighted by Crippen LogP contribution is 2.32. The van der Waals surface area contributed by atoms with Gasteiger partial charge in [0.2, 0.25) is 5.88 Å². The molecule has 0 aromatic carbocycles. The van der Waals surface area contributed by atoms with Crippen molar-refractivity contribution in [1.82, 2.24) is 20.3 Å². The van der Waals surface area contributed by atoms with Gasteiger partial charge in [0.1, 0.15) is 16.4 Å². The van der Waals surface area contributed by atoms with E-state index in [2.05, 4.69) is 25.6 Å². The van der Waals surface area contributed by atoms with Crippen molar-refractivity contribution in [3.05, 3.63) is 28.6 Å². The van der Waals surface area contributed by atoms with Gasteiger partial charge in [-0.15, -0.1) is 22.7 Å². The zero-order valence-corrected chi connectivity index (χ0v) is 18.9. The number of nitrogens with zero attached hydrogens (tertiary/aromatic N) is 4. The van der Waals surface area contributed by atoms with Crippen LogP contribution >= 0.6 is 22.7 Å². The summed E-state index contributed by atoms with van der Waals surface area (Å²) < 4.78 is 11.3. The molecule has 1 saturated heterocycles. The molecule has 10 heteroatoms. The van der Waals surface area contributed by atoms with E-state index in [0.29, 0.717) is 18.4 Å². The Hall–Kier alpha value is -2.56. The Morgan fingerprint density at radius 1 is 1.19 bits per heavy atom. The number of nitrogens with one attached hydrogen (secondary N) is 2. The molecule has 1 unspecified atom stereocenters. The minimum atomic E-state index is 0.460. The van der Waals surface area contributed by atoms with Crippen LogP contribution in [0.15, 0.2) is 27.9 Å². The Labute approximate surface area is 188 Å². The number of anilines is 1. The van der Waals surface area contributed by atoms with Gasteiger partial charge >= 0.3 is 0 Å². The molecule has 3 aromatic heterocycles. The molecular weight excluding hydrogens is 432 g/mol. The van der Waals surface area contributed by atoms with Gasteiger partial charge in [0.15, 0.2) is 11.1 Å². The molecule has 162 valence electrons. The molecule has 0 radical (unpaired) electrons. The SMILES string of the molecule is Cc1nc(OCC2CCOC2)ccc1-c1nc(-c2csc(NC3=NCCCN3)n2)cs1. The Morgan fingerprint density at radius 2 is 2.10 bits per heavy atom. The largest absolute Gasteiger partial charge is 0.477 e. The van der Waals surface area contributed by atoms with Gasteiger partial charge in [-0.25, -0.2) is 15.0 Å². The first kappa shape index (κ1) is 20.3. The maximum Gasteiger partial charge on any atom is 0.213 e. The van der Waals surface area contributed by atoms with Crippen molar-refractivity contribution in [2.24, 2.45) is 10.9 Å². The monoisotopic (exact) mass is 456 g/mol. The van der Waals surface area contributed by atoms with Gasteiger partial charge in [-0.2, -0.15) is 0 Å². The summed E-state index contributed by atoms with van der Waals surface area (Å²) in [5, 5.41) is 12.3. The standard InChI is InChI=1S/C21H24N6O2S2/c1-13-15(3-4-18(24-13)29-10-14-5-8-28-9-14)19-25-16(11-30-19)17-12-31-21(26-17)27-20-22-6-2-7-23-20/h3-4,11-12,14H,2,5-10H2,1H3,(H2,22,23,26,27). The number of guanidine groups is 1. The molecule has 2 N–H and O–H groups in total. The lowest BCUT2D eigenvalue weighted by Crippen LogP contribution is -2.35. The van der Waals surface area contributed by atoms with Crippen molar-refractivity contribution in [1.29, 1.82) is 0 Å². The number of aryl methyl sites for hydroxylation is 1. The van der Waals surface area contributed by atoms with Gasteiger partial charge in [-0.1, -0.05) is 0 Å². The fourth-order valence-corrected chi connectivity index (χ4v) is 5.04. The summed E-state index contributed by atoms with van der Waals surface area (Å²) in [4.78, 5) is 18.5. The van der Waals surface area contributed by atoms with Crippen LogP contribution in [0.25, 0.3) is 22.0 Å². The quantitative estimate of drug-likeness (QED) is 0.582. The van der Waals surface area contributed by atoms with Gasteiger partial charge in [0.05, 0.1) is 18.9 Å². The lowest BCUT2D eigenvalue weighted by molar-refractivity contribution is 0.165. The number of pyridine rings is 1. The number of thiazole rings is 2. The molecule has 0 aliphatic carbocycles. The van der Waals surface area contributed by atoms with Crippen LogP contribution in [-0.2, 0) is 4.74 Å². The molecule has 1 fully saturated rings. The fourth-order valence-electron chi connectivity index (χ4n) is 3.44. The number of aliphatic imine (C=N–C) groups is 1. The maximum absolute atomic E-state index is 5.86. The first-order valence-electron chi connectivity index (χ1n) is 10.4. The summed E-state index contributed by atoms with van der Waals surface area (Å²) in [7, 11) is 0. The summed E-state index contributed by atoms with van der Waals surface area (Å²) in [5.41, 5.74) is 3.64. The van der Waals surface area contributed by atoms with E-state index in [-0.39, 0.29) is 0 Å². The molecule has 1 atom stereocenters. The molecule has 8 nitrogen and oxygen atoms in total. The van der Waals surface area contributed by atoms with Crippen LogP contribution in [0.1, 0.15) is 18.5 Å². The Bertz CT molecular complexity index is 1070. The predicted molar refractivity (Wildman–Crippen MR) is 124 cm³/mol. The maximum atomic E-state index is 5.86. The first-order valence-corrected chi connectivity index (χ1v) is 12.2. The molecule has 0 bridgehead atoms. The van der Waals surface area contributed by atoms with Crippen molar-refractivity contribution in [3.8, 4) is 27.8 Å². The third-order valence-corrected chi connectivity index (χ3v) is 6.81. The zero-order valence-electron chi connectivity index (χ0n) is 17.3. The Morgan fingerprint density at radius 3 is 2.90 bits per heavy atom. The molecule has 2 aliphatic rings. The van der Waals surface area contributed by atoms with E-state index >= 15 is 0 Å². The van der Waals surface area contributed by atoms with Crippen molar-refractivity contribution < 1.29 is 9.47 Å². The molecule has 5 rings (SSSR count). The number of ether oxygens (including phenoxy) is 2. The van der Waals surface area contributed by atoms with E-state index in [1.165, 1.54) is 0 Å². The average Bonchev–Trinajstić information content (AvgIpc) is 3.55. The lowest BCUT2D eigenvalue weighted by atomic mass is 10.1. The van der Waals surface area contributed by atoms with Crippen LogP contribution in [0.5, 0.6) is 5.88 Å². The van der Waals surface area contributed by atoms with Crippen molar-refractivity contribution in [2.45, 2.75) is 19.8 Å². The Kier molecular flexibility index (Phi) is 6.10. The van der Waals surface area contributed by atoms with Crippen LogP contribution in [0.3, 0.4) is 0 Å². The third kappa shape index (κ3) is 4.86. The highest BCUT2D eigenvalue weighted by molar-refractivity contribution is 7.14. The highest BCUT2D eigenvalue weighted by atomic mass is 32.1. The molecule has 0 spiro atoms. The van der Waals surface area contributed by atoms with Gasteiger partial charge in [0.25, 0.3) is 0 Å². The summed E-state index contributed by atoms with van der Waals surface area (Å²) in [6.07, 6.45) is 2.12. The van der Waals surface area contributed by atoms with Gasteiger partial charge in [0, 0.05) is 48.0 Å². The van der Waals surface area contributed by atoms with E-state index < -0.39 is 0 Å². The van der Waals surface area contributed by atoms with Gasteiger partial charge in [-0.05, 0) is 25.8 Å². The topological polar surface area (TPSA) is 93.5 Å². The van der Waals surface area contributed by atoms with Gasteiger partial charge in [-0.3, -0.25) is 4.99 Å². The second-order valence-corrected chi connectivity index (χ2v) is 9.25. The summed E-state index contributed by atoms with van der Waals surface area (Å²) in [5.74, 6) is 1.90. The summed E-state index contributed by atoms with van der Waals surface area (Å²) in [6.45, 7) is 6.02. The highest BCUT2D eigenvalue weighted by Gasteiger charge is 2.17. The first-order chi connectivity index (χ1) is 15.2. The van der Waals surface area contributed by atoms with E-state index in [1.54, 1.807) is 22.7 Å². The molecule has 0 amide bonds. The number of hydrogen-bond donors (Lipinski definition) is 2. The van der Waals surface area contributed by atoms with E-state index in [4.69, 9.17) is 14.5 Å².